The van der Waals surface area contributed by atoms with Crippen molar-refractivity contribution in [3.05, 3.63) is 77.2 Å². The second-order valence-corrected chi connectivity index (χ2v) is 6.97. The molecule has 1 nitrogen and oxygen atoms in total. The summed E-state index contributed by atoms with van der Waals surface area (Å²) < 4.78 is 0. The molecule has 0 amide bonds. The summed E-state index contributed by atoms with van der Waals surface area (Å²) in [6, 6.07) is 21.7. The highest BCUT2D eigenvalue weighted by molar-refractivity contribution is 7.16. The molecule has 0 saturated carbocycles. The van der Waals surface area contributed by atoms with Gasteiger partial charge in [-0.15, -0.1) is 11.3 Å². The minimum absolute atomic E-state index is 1.17. The molecule has 1 aliphatic rings. The topological polar surface area (TPSA) is 3.24 Å². The molecule has 0 atom stereocenters. The molecule has 0 unspecified atom stereocenters. The van der Waals surface area contributed by atoms with Crippen molar-refractivity contribution >= 4 is 28.8 Å². The van der Waals surface area contributed by atoms with Crippen LogP contribution in [-0.2, 0) is 6.42 Å². The molecule has 0 radical (unpaired) electrons. The van der Waals surface area contributed by atoms with Crippen LogP contribution >= 0.6 is 11.3 Å². The Labute approximate surface area is 141 Å². The lowest BCUT2D eigenvalue weighted by atomic mass is 10.0. The Balaban J connectivity index is 1.61. The minimum atomic E-state index is 1.17. The number of nitrogens with zero attached hydrogens (tertiary/aromatic N) is 1. The third-order valence-electron chi connectivity index (χ3n) is 4.37. The van der Waals surface area contributed by atoms with Crippen molar-refractivity contribution in [3.63, 3.8) is 0 Å². The molecule has 1 aromatic heterocycles. The Morgan fingerprint density at radius 1 is 0.913 bits per heavy atom. The number of fused-ring (bicyclic) bond motifs is 1. The molecule has 0 N–H and O–H groups in total. The molecule has 1 aliphatic carbocycles. The molecule has 2 heteroatoms. The van der Waals surface area contributed by atoms with Gasteiger partial charge in [-0.25, -0.2) is 0 Å². The second kappa shape index (κ2) is 6.05. The van der Waals surface area contributed by atoms with Crippen molar-refractivity contribution in [3.8, 4) is 10.4 Å². The molecular formula is C21H19NS. The fraction of sp³-hybridized carbons (Fsp3) is 0.143. The summed E-state index contributed by atoms with van der Waals surface area (Å²) in [6.07, 6.45) is 6.90. The maximum atomic E-state index is 2.36. The molecule has 0 spiro atoms. The van der Waals surface area contributed by atoms with E-state index in [1.165, 1.54) is 45.1 Å². The predicted octanol–water partition coefficient (Wildman–Crippen LogP) is 6.14. The van der Waals surface area contributed by atoms with E-state index >= 15 is 0 Å². The van der Waals surface area contributed by atoms with Crippen LogP contribution in [0.3, 0.4) is 0 Å². The molecule has 3 aromatic rings. The van der Waals surface area contributed by atoms with Gasteiger partial charge < -0.3 is 4.90 Å². The van der Waals surface area contributed by atoms with Gasteiger partial charge in [-0.3, -0.25) is 0 Å². The highest BCUT2D eigenvalue weighted by Gasteiger charge is 2.11. The van der Waals surface area contributed by atoms with E-state index in [2.05, 4.69) is 78.7 Å². The maximum absolute atomic E-state index is 2.36. The summed E-state index contributed by atoms with van der Waals surface area (Å²) in [5, 5.41) is 0. The maximum Gasteiger partial charge on any atom is 0.0408 e. The zero-order valence-electron chi connectivity index (χ0n) is 13.2. The number of para-hydroxylation sites is 1. The summed E-state index contributed by atoms with van der Waals surface area (Å²) in [7, 11) is 2.11. The highest BCUT2D eigenvalue weighted by Crippen LogP contribution is 2.36. The van der Waals surface area contributed by atoms with Crippen LogP contribution in [0.25, 0.3) is 16.5 Å². The normalized spacial score (nSPS) is 12.9. The van der Waals surface area contributed by atoms with E-state index < -0.39 is 0 Å². The van der Waals surface area contributed by atoms with Gasteiger partial charge in [0.15, 0.2) is 0 Å². The Morgan fingerprint density at radius 2 is 1.65 bits per heavy atom. The summed E-state index contributed by atoms with van der Waals surface area (Å²) in [4.78, 5) is 5.01. The first-order valence-corrected chi connectivity index (χ1v) is 8.81. The predicted molar refractivity (Wildman–Crippen MR) is 102 cm³/mol. The van der Waals surface area contributed by atoms with Crippen LogP contribution in [0.5, 0.6) is 0 Å². The average Bonchev–Trinajstić information content (AvgIpc) is 3.06. The number of aryl methyl sites for hydroxylation is 1. The fourth-order valence-electron chi connectivity index (χ4n) is 3.00. The number of anilines is 2. The lowest BCUT2D eigenvalue weighted by Crippen LogP contribution is -2.08. The first-order valence-electron chi connectivity index (χ1n) is 8.00. The van der Waals surface area contributed by atoms with E-state index in [1.54, 1.807) is 0 Å². The van der Waals surface area contributed by atoms with Gasteiger partial charge >= 0.3 is 0 Å². The van der Waals surface area contributed by atoms with Crippen molar-refractivity contribution in [2.75, 3.05) is 11.9 Å². The average molecular weight is 317 g/mol. The largest absolute Gasteiger partial charge is 0.345 e. The van der Waals surface area contributed by atoms with Gasteiger partial charge in [0.25, 0.3) is 0 Å². The summed E-state index contributed by atoms with van der Waals surface area (Å²) in [5.74, 6) is 0. The minimum Gasteiger partial charge on any atom is -0.345 e. The van der Waals surface area contributed by atoms with Gasteiger partial charge in [-0.05, 0) is 60.4 Å². The van der Waals surface area contributed by atoms with Gasteiger partial charge in [0, 0.05) is 28.2 Å². The van der Waals surface area contributed by atoms with Gasteiger partial charge in [0.1, 0.15) is 0 Å². The van der Waals surface area contributed by atoms with Gasteiger partial charge in [-0.2, -0.15) is 0 Å². The quantitative estimate of drug-likeness (QED) is 0.560. The Bertz CT molecular complexity index is 828. The number of rotatable bonds is 3. The molecule has 0 aliphatic heterocycles. The third kappa shape index (κ3) is 2.82. The van der Waals surface area contributed by atoms with Crippen molar-refractivity contribution in [1.29, 1.82) is 0 Å². The molecule has 23 heavy (non-hydrogen) atoms. The zero-order chi connectivity index (χ0) is 15.6. The monoisotopic (exact) mass is 317 g/mol. The number of benzene rings is 2. The SMILES string of the molecule is CN(c1ccccc1)c1ccc(-c2cc3c(s2)C=CCC3)cc1. The van der Waals surface area contributed by atoms with Crippen LogP contribution in [0, 0.1) is 0 Å². The van der Waals surface area contributed by atoms with Crippen molar-refractivity contribution in [2.24, 2.45) is 0 Å². The van der Waals surface area contributed by atoms with Crippen LogP contribution in [-0.4, -0.2) is 7.05 Å². The van der Waals surface area contributed by atoms with E-state index in [1.807, 2.05) is 17.4 Å². The van der Waals surface area contributed by atoms with E-state index in [0.717, 1.165) is 0 Å². The Kier molecular flexibility index (Phi) is 3.76. The van der Waals surface area contributed by atoms with Crippen LogP contribution in [0.2, 0.25) is 0 Å². The second-order valence-electron chi connectivity index (χ2n) is 5.88. The van der Waals surface area contributed by atoms with Crippen LogP contribution in [0.15, 0.2) is 66.7 Å². The number of allylic oxidation sites excluding steroid dienone is 1. The van der Waals surface area contributed by atoms with Crippen LogP contribution in [0.1, 0.15) is 16.9 Å². The summed E-state index contributed by atoms with van der Waals surface area (Å²) in [6.45, 7) is 0. The van der Waals surface area contributed by atoms with E-state index in [9.17, 15) is 0 Å². The molecule has 2 aromatic carbocycles. The van der Waals surface area contributed by atoms with Crippen molar-refractivity contribution in [1.82, 2.24) is 0 Å². The van der Waals surface area contributed by atoms with Gasteiger partial charge in [0.05, 0.1) is 0 Å². The Morgan fingerprint density at radius 3 is 2.39 bits per heavy atom. The molecule has 0 fully saturated rings. The van der Waals surface area contributed by atoms with E-state index in [0.29, 0.717) is 0 Å². The first kappa shape index (κ1) is 14.3. The third-order valence-corrected chi connectivity index (χ3v) is 5.57. The lowest BCUT2D eigenvalue weighted by molar-refractivity contribution is 0.997. The zero-order valence-corrected chi connectivity index (χ0v) is 14.0. The van der Waals surface area contributed by atoms with Crippen LogP contribution in [0.4, 0.5) is 11.4 Å². The standard InChI is InChI=1S/C21H19NS/c1-22(18-8-3-2-4-9-18)19-13-11-16(12-14-19)21-15-17-7-5-6-10-20(17)23-21/h2-4,6,8-15H,5,7H2,1H3. The molecular weight excluding hydrogens is 298 g/mol. The van der Waals surface area contributed by atoms with Crippen molar-refractivity contribution < 1.29 is 0 Å². The highest BCUT2D eigenvalue weighted by atomic mass is 32.1. The van der Waals surface area contributed by atoms with E-state index in [-0.39, 0.29) is 0 Å². The fourth-order valence-corrected chi connectivity index (χ4v) is 4.15. The summed E-state index contributed by atoms with van der Waals surface area (Å²) >= 11 is 1.90. The van der Waals surface area contributed by atoms with Gasteiger partial charge in [0.2, 0.25) is 0 Å². The smallest absolute Gasteiger partial charge is 0.0408 e. The molecule has 0 saturated heterocycles. The van der Waals surface area contributed by atoms with Gasteiger partial charge in [-0.1, -0.05) is 36.4 Å². The lowest BCUT2D eigenvalue weighted by Gasteiger charge is -2.19. The number of hydrogen-bond acceptors (Lipinski definition) is 2. The Hall–Kier alpha value is -2.32. The number of hydrogen-bond donors (Lipinski definition) is 0. The molecule has 114 valence electrons. The molecule has 0 bridgehead atoms. The molecule has 4 rings (SSSR count). The summed E-state index contributed by atoms with van der Waals surface area (Å²) in [5.41, 5.74) is 5.22. The van der Waals surface area contributed by atoms with E-state index in [4.69, 9.17) is 0 Å². The van der Waals surface area contributed by atoms with Crippen LogP contribution < -0.4 is 4.90 Å². The van der Waals surface area contributed by atoms with Crippen molar-refractivity contribution in [2.45, 2.75) is 12.8 Å². The number of thiophene rings is 1. The molecule has 1 heterocycles. The first-order chi connectivity index (χ1) is 11.3.